The molecule has 0 bridgehead atoms. The van der Waals surface area contributed by atoms with E-state index in [1.54, 1.807) is 12.1 Å². The standard InChI is InChI=1S/C32H27FN6/c1-19(20-7-2-3-8-20)36-23-13-21(16-34-18-23)22-14-27-31(38-39-32(27)35-17-22)30-15-26-24(10-6-12-29(26)37-30)25-9-4-5-11-28(25)33/h4-6,9-18,20,36-37H,1-3,7-8H2,(H,35,38,39). The molecule has 4 aromatic heterocycles. The first-order chi connectivity index (χ1) is 19.1. The summed E-state index contributed by atoms with van der Waals surface area (Å²) >= 11 is 0. The molecule has 0 spiro atoms. The fraction of sp³-hybridized carbons (Fsp3) is 0.156. The molecule has 0 aliphatic heterocycles. The van der Waals surface area contributed by atoms with Crippen molar-refractivity contribution in [2.24, 2.45) is 5.92 Å². The number of benzene rings is 2. The number of hydrogen-bond donors (Lipinski definition) is 3. The van der Waals surface area contributed by atoms with Gasteiger partial charge in [0.1, 0.15) is 5.82 Å². The molecule has 0 amide bonds. The van der Waals surface area contributed by atoms with Gasteiger partial charge in [-0.05, 0) is 54.7 Å². The minimum Gasteiger partial charge on any atom is -0.358 e. The number of pyridine rings is 2. The van der Waals surface area contributed by atoms with E-state index in [2.05, 4.69) is 49.2 Å². The number of allylic oxidation sites excluding steroid dienone is 1. The zero-order chi connectivity index (χ0) is 26.3. The van der Waals surface area contributed by atoms with Gasteiger partial charge in [-0.15, -0.1) is 0 Å². The molecule has 192 valence electrons. The van der Waals surface area contributed by atoms with E-state index in [9.17, 15) is 4.39 Å². The molecule has 7 heteroatoms. The summed E-state index contributed by atoms with van der Waals surface area (Å²) in [6.45, 7) is 4.27. The van der Waals surface area contributed by atoms with Crippen LogP contribution in [0.1, 0.15) is 25.7 Å². The summed E-state index contributed by atoms with van der Waals surface area (Å²) in [5, 5.41) is 12.9. The number of halogens is 1. The highest BCUT2D eigenvalue weighted by Crippen LogP contribution is 2.36. The lowest BCUT2D eigenvalue weighted by molar-refractivity contribution is 0.631. The summed E-state index contributed by atoms with van der Waals surface area (Å²) < 4.78 is 14.6. The van der Waals surface area contributed by atoms with Crippen molar-refractivity contribution in [1.29, 1.82) is 0 Å². The number of H-pyrrole nitrogens is 2. The first-order valence-corrected chi connectivity index (χ1v) is 13.3. The van der Waals surface area contributed by atoms with Gasteiger partial charge in [0.15, 0.2) is 5.65 Å². The summed E-state index contributed by atoms with van der Waals surface area (Å²) in [6, 6.07) is 18.9. The molecular weight excluding hydrogens is 487 g/mol. The minimum atomic E-state index is -0.245. The summed E-state index contributed by atoms with van der Waals surface area (Å²) in [5.41, 5.74) is 8.52. The van der Waals surface area contributed by atoms with Crippen LogP contribution in [0.25, 0.3) is 55.6 Å². The molecule has 1 aliphatic rings. The summed E-state index contributed by atoms with van der Waals surface area (Å²) in [6.07, 6.45) is 10.4. The van der Waals surface area contributed by atoms with Crippen molar-refractivity contribution in [3.8, 4) is 33.6 Å². The first-order valence-electron chi connectivity index (χ1n) is 13.3. The summed E-state index contributed by atoms with van der Waals surface area (Å²) in [5.74, 6) is 0.279. The molecule has 0 radical (unpaired) electrons. The number of nitrogens with one attached hydrogen (secondary N) is 3. The van der Waals surface area contributed by atoms with Gasteiger partial charge in [0.25, 0.3) is 0 Å². The van der Waals surface area contributed by atoms with Gasteiger partial charge in [-0.25, -0.2) is 9.37 Å². The van der Waals surface area contributed by atoms with E-state index in [-0.39, 0.29) is 5.82 Å². The largest absolute Gasteiger partial charge is 0.358 e. The van der Waals surface area contributed by atoms with Gasteiger partial charge in [0.2, 0.25) is 0 Å². The van der Waals surface area contributed by atoms with Crippen LogP contribution in [-0.2, 0) is 0 Å². The van der Waals surface area contributed by atoms with E-state index in [1.165, 1.54) is 31.7 Å². The topological polar surface area (TPSA) is 82.3 Å². The Morgan fingerprint density at radius 1 is 0.897 bits per heavy atom. The van der Waals surface area contributed by atoms with E-state index >= 15 is 0 Å². The molecule has 0 unspecified atom stereocenters. The van der Waals surface area contributed by atoms with Crippen molar-refractivity contribution in [3.05, 3.63) is 97.3 Å². The van der Waals surface area contributed by atoms with Crippen molar-refractivity contribution in [2.45, 2.75) is 25.7 Å². The predicted octanol–water partition coefficient (Wildman–Crippen LogP) is 8.09. The SMILES string of the molecule is C=C(Nc1cncc(-c2cnc3n[nH]c(-c4cc5c(-c6ccccc6F)cccc5[nH]4)c3c2)c1)C1CCCC1. The average Bonchev–Trinajstić information content (AvgIpc) is 3.73. The molecule has 6 nitrogen and oxygen atoms in total. The number of hydrogen-bond acceptors (Lipinski definition) is 4. The number of rotatable bonds is 6. The van der Waals surface area contributed by atoms with Crippen molar-refractivity contribution in [1.82, 2.24) is 25.1 Å². The Bertz CT molecular complexity index is 1840. The molecule has 2 aromatic carbocycles. The lowest BCUT2D eigenvalue weighted by Crippen LogP contribution is -2.07. The molecule has 0 atom stereocenters. The maximum Gasteiger partial charge on any atom is 0.181 e. The second kappa shape index (κ2) is 9.51. The molecule has 39 heavy (non-hydrogen) atoms. The fourth-order valence-electron chi connectivity index (χ4n) is 5.70. The molecule has 3 N–H and O–H groups in total. The summed E-state index contributed by atoms with van der Waals surface area (Å²) in [7, 11) is 0. The second-order valence-electron chi connectivity index (χ2n) is 10.2. The van der Waals surface area contributed by atoms with E-state index in [4.69, 9.17) is 0 Å². The van der Waals surface area contributed by atoms with Gasteiger partial charge < -0.3 is 10.3 Å². The van der Waals surface area contributed by atoms with E-state index in [0.717, 1.165) is 55.8 Å². The first kappa shape index (κ1) is 23.3. The maximum absolute atomic E-state index is 14.6. The van der Waals surface area contributed by atoms with Crippen LogP contribution in [0, 0.1) is 11.7 Å². The third kappa shape index (κ3) is 4.26. The zero-order valence-electron chi connectivity index (χ0n) is 21.3. The lowest BCUT2D eigenvalue weighted by atomic mass is 10.0. The highest BCUT2D eigenvalue weighted by molar-refractivity contribution is 6.01. The van der Waals surface area contributed by atoms with Crippen LogP contribution in [0.2, 0.25) is 0 Å². The Kier molecular flexibility index (Phi) is 5.69. The molecule has 6 aromatic rings. The Balaban J connectivity index is 1.25. The lowest BCUT2D eigenvalue weighted by Gasteiger charge is -2.15. The van der Waals surface area contributed by atoms with E-state index < -0.39 is 0 Å². The van der Waals surface area contributed by atoms with Crippen molar-refractivity contribution >= 4 is 27.6 Å². The highest BCUT2D eigenvalue weighted by Gasteiger charge is 2.19. The van der Waals surface area contributed by atoms with Gasteiger partial charge in [-0.2, -0.15) is 5.10 Å². The van der Waals surface area contributed by atoms with Gasteiger partial charge in [-0.3, -0.25) is 10.1 Å². The van der Waals surface area contributed by atoms with Crippen LogP contribution in [0.4, 0.5) is 10.1 Å². The van der Waals surface area contributed by atoms with E-state index in [0.29, 0.717) is 17.1 Å². The quantitative estimate of drug-likeness (QED) is 0.210. The van der Waals surface area contributed by atoms with Gasteiger partial charge >= 0.3 is 0 Å². The zero-order valence-corrected chi connectivity index (χ0v) is 21.3. The van der Waals surface area contributed by atoms with Crippen LogP contribution in [0.15, 0.2) is 91.5 Å². The summed E-state index contributed by atoms with van der Waals surface area (Å²) in [4.78, 5) is 12.6. The van der Waals surface area contributed by atoms with Crippen LogP contribution in [-0.4, -0.2) is 25.1 Å². The normalized spacial score (nSPS) is 13.9. The maximum atomic E-state index is 14.6. The van der Waals surface area contributed by atoms with Crippen LogP contribution in [0.5, 0.6) is 0 Å². The van der Waals surface area contributed by atoms with Crippen molar-refractivity contribution in [2.75, 3.05) is 5.32 Å². The van der Waals surface area contributed by atoms with Crippen molar-refractivity contribution < 1.29 is 4.39 Å². The molecule has 7 rings (SSSR count). The molecule has 1 fully saturated rings. The van der Waals surface area contributed by atoms with Gasteiger partial charge in [0.05, 0.1) is 23.3 Å². The number of aromatic amines is 2. The molecule has 1 saturated carbocycles. The van der Waals surface area contributed by atoms with Crippen LogP contribution >= 0.6 is 0 Å². The number of fused-ring (bicyclic) bond motifs is 2. The average molecular weight is 515 g/mol. The third-order valence-corrected chi connectivity index (χ3v) is 7.73. The Labute approximate surface area is 225 Å². The molecule has 0 saturated heterocycles. The number of anilines is 1. The smallest absolute Gasteiger partial charge is 0.181 e. The van der Waals surface area contributed by atoms with Gasteiger partial charge in [0, 0.05) is 51.1 Å². The molecule has 4 heterocycles. The monoisotopic (exact) mass is 514 g/mol. The molecular formula is C32H27FN6. The fourth-order valence-corrected chi connectivity index (χ4v) is 5.70. The van der Waals surface area contributed by atoms with Gasteiger partial charge in [-0.1, -0.05) is 49.8 Å². The second-order valence-corrected chi connectivity index (χ2v) is 10.2. The van der Waals surface area contributed by atoms with Crippen molar-refractivity contribution in [3.63, 3.8) is 0 Å². The van der Waals surface area contributed by atoms with Crippen LogP contribution in [0.3, 0.4) is 0 Å². The van der Waals surface area contributed by atoms with Crippen LogP contribution < -0.4 is 5.32 Å². The predicted molar refractivity (Wildman–Crippen MR) is 155 cm³/mol. The number of nitrogens with zero attached hydrogens (tertiary/aromatic N) is 3. The Morgan fingerprint density at radius 3 is 2.59 bits per heavy atom. The Hall–Kier alpha value is -4.78. The number of aromatic nitrogens is 5. The third-order valence-electron chi connectivity index (χ3n) is 7.73. The van der Waals surface area contributed by atoms with E-state index in [1.807, 2.05) is 48.9 Å². The molecule has 1 aliphatic carbocycles. The highest BCUT2D eigenvalue weighted by atomic mass is 19.1. The minimum absolute atomic E-state index is 0.245. The Morgan fingerprint density at radius 2 is 1.72 bits per heavy atom.